The third-order valence-electron chi connectivity index (χ3n) is 13.0. The molecule has 0 aliphatic carbocycles. The third kappa shape index (κ3) is 57.0. The molecular formula is C62H114NO8P. The van der Waals surface area contributed by atoms with Crippen LogP contribution in [-0.2, 0) is 32.7 Å². The molecule has 0 aliphatic rings. The van der Waals surface area contributed by atoms with Gasteiger partial charge in [0.1, 0.15) is 19.8 Å². The maximum atomic E-state index is 12.8. The normalized spacial score (nSPS) is 13.7. The van der Waals surface area contributed by atoms with Crippen molar-refractivity contribution in [1.82, 2.24) is 0 Å². The summed E-state index contributed by atoms with van der Waals surface area (Å²) in [6.45, 7) is 4.23. The van der Waals surface area contributed by atoms with Gasteiger partial charge in [0.25, 0.3) is 7.82 Å². The number of likely N-dealkylation sites (N-methyl/N-ethyl adjacent to an activating group) is 1. The SMILES string of the molecule is CCCCCCC/C=C\C/C=C\C/C=C\CCCCCCCCC(=O)OC(COC(=O)CCCCCCCCCCCCCCCCC/C=C\C/C=C\CCCCCCC)COP(=O)([O-])OCC[N+](C)(C)C. The Kier molecular flexibility index (Phi) is 51.8. The van der Waals surface area contributed by atoms with Crippen molar-refractivity contribution in [3.8, 4) is 0 Å². The first-order valence-corrected chi connectivity index (χ1v) is 31.5. The summed E-state index contributed by atoms with van der Waals surface area (Å²) in [6, 6.07) is 0. The van der Waals surface area contributed by atoms with Crippen molar-refractivity contribution in [3.05, 3.63) is 60.8 Å². The molecule has 0 saturated heterocycles. The smallest absolute Gasteiger partial charge is 0.306 e. The Morgan fingerprint density at radius 3 is 1.11 bits per heavy atom. The molecule has 2 atom stereocenters. The van der Waals surface area contributed by atoms with Crippen molar-refractivity contribution in [2.24, 2.45) is 0 Å². The van der Waals surface area contributed by atoms with Gasteiger partial charge >= 0.3 is 11.9 Å². The van der Waals surface area contributed by atoms with Gasteiger partial charge < -0.3 is 27.9 Å². The van der Waals surface area contributed by atoms with E-state index in [1.165, 1.54) is 161 Å². The molecular weight excluding hydrogens is 918 g/mol. The molecule has 0 heterocycles. The van der Waals surface area contributed by atoms with Gasteiger partial charge in [-0.05, 0) is 83.5 Å². The van der Waals surface area contributed by atoms with E-state index in [0.717, 1.165) is 77.0 Å². The molecule has 0 radical (unpaired) electrons. The highest BCUT2D eigenvalue weighted by Crippen LogP contribution is 2.38. The molecule has 0 aromatic carbocycles. The second-order valence-electron chi connectivity index (χ2n) is 21.4. The molecule has 0 spiro atoms. The van der Waals surface area contributed by atoms with E-state index in [4.69, 9.17) is 18.5 Å². The first kappa shape index (κ1) is 69.7. The molecule has 0 bridgehead atoms. The number of esters is 2. The van der Waals surface area contributed by atoms with Crippen LogP contribution >= 0.6 is 7.82 Å². The van der Waals surface area contributed by atoms with Gasteiger partial charge in [0.15, 0.2) is 6.10 Å². The maximum absolute atomic E-state index is 12.8. The minimum absolute atomic E-state index is 0.0348. The Morgan fingerprint density at radius 1 is 0.431 bits per heavy atom. The molecule has 2 unspecified atom stereocenters. The minimum atomic E-state index is -4.64. The van der Waals surface area contributed by atoms with Gasteiger partial charge in [-0.3, -0.25) is 14.2 Å². The molecule has 420 valence electrons. The number of phosphoric ester groups is 1. The van der Waals surface area contributed by atoms with E-state index in [1.807, 2.05) is 21.1 Å². The number of hydrogen-bond acceptors (Lipinski definition) is 8. The zero-order valence-corrected chi connectivity index (χ0v) is 48.5. The van der Waals surface area contributed by atoms with Crippen LogP contribution in [-0.4, -0.2) is 70.0 Å². The summed E-state index contributed by atoms with van der Waals surface area (Å²) in [5.74, 6) is -0.842. The number of carbonyl (C=O) groups excluding carboxylic acids is 2. The van der Waals surface area contributed by atoms with Crippen molar-refractivity contribution in [3.63, 3.8) is 0 Å². The van der Waals surface area contributed by atoms with Gasteiger partial charge in [0, 0.05) is 12.8 Å². The maximum Gasteiger partial charge on any atom is 0.306 e. The lowest BCUT2D eigenvalue weighted by Crippen LogP contribution is -2.37. The summed E-state index contributed by atoms with van der Waals surface area (Å²) >= 11 is 0. The van der Waals surface area contributed by atoms with Crippen LogP contribution in [0.2, 0.25) is 0 Å². The minimum Gasteiger partial charge on any atom is -0.756 e. The van der Waals surface area contributed by atoms with Gasteiger partial charge in [-0.25, -0.2) is 0 Å². The second-order valence-corrected chi connectivity index (χ2v) is 22.8. The number of rotatable bonds is 55. The van der Waals surface area contributed by atoms with Crippen LogP contribution < -0.4 is 4.89 Å². The first-order valence-electron chi connectivity index (χ1n) is 30.0. The number of nitrogens with zero attached hydrogens (tertiary/aromatic N) is 1. The molecule has 0 fully saturated rings. The Labute approximate surface area is 445 Å². The lowest BCUT2D eigenvalue weighted by molar-refractivity contribution is -0.870. The highest BCUT2D eigenvalue weighted by Gasteiger charge is 2.22. The van der Waals surface area contributed by atoms with E-state index in [2.05, 4.69) is 74.6 Å². The second kappa shape index (κ2) is 53.5. The molecule has 72 heavy (non-hydrogen) atoms. The van der Waals surface area contributed by atoms with Crippen molar-refractivity contribution in [2.45, 2.75) is 277 Å². The van der Waals surface area contributed by atoms with Gasteiger partial charge in [-0.2, -0.15) is 0 Å². The predicted molar refractivity (Wildman–Crippen MR) is 305 cm³/mol. The van der Waals surface area contributed by atoms with Crippen LogP contribution in [0, 0.1) is 0 Å². The summed E-state index contributed by atoms with van der Waals surface area (Å²) in [5.41, 5.74) is 0. The van der Waals surface area contributed by atoms with E-state index in [0.29, 0.717) is 17.4 Å². The van der Waals surface area contributed by atoms with Crippen molar-refractivity contribution in [1.29, 1.82) is 0 Å². The average molecular weight is 1030 g/mol. The number of allylic oxidation sites excluding steroid dienone is 10. The van der Waals surface area contributed by atoms with Crippen LogP contribution in [0.15, 0.2) is 60.8 Å². The molecule has 0 N–H and O–H groups in total. The summed E-state index contributed by atoms with van der Waals surface area (Å²) in [4.78, 5) is 37.9. The zero-order valence-electron chi connectivity index (χ0n) is 47.6. The Morgan fingerprint density at radius 2 is 0.750 bits per heavy atom. The van der Waals surface area contributed by atoms with E-state index in [9.17, 15) is 19.0 Å². The quantitative estimate of drug-likeness (QED) is 0.0195. The van der Waals surface area contributed by atoms with Crippen LogP contribution in [0.25, 0.3) is 0 Å². The van der Waals surface area contributed by atoms with E-state index < -0.39 is 26.5 Å². The van der Waals surface area contributed by atoms with Crippen molar-refractivity contribution < 1.29 is 42.1 Å². The first-order chi connectivity index (χ1) is 35.0. The summed E-state index contributed by atoms with van der Waals surface area (Å²) in [7, 11) is 1.16. The summed E-state index contributed by atoms with van der Waals surface area (Å²) < 4.78 is 34.2. The molecule has 0 aliphatic heterocycles. The number of unbranched alkanes of at least 4 members (excludes halogenated alkanes) is 31. The van der Waals surface area contributed by atoms with Crippen LogP contribution in [0.4, 0.5) is 0 Å². The van der Waals surface area contributed by atoms with Gasteiger partial charge in [0.05, 0.1) is 27.7 Å². The summed E-state index contributed by atoms with van der Waals surface area (Å²) in [5, 5.41) is 0. The highest BCUT2D eigenvalue weighted by molar-refractivity contribution is 7.45. The van der Waals surface area contributed by atoms with E-state index >= 15 is 0 Å². The van der Waals surface area contributed by atoms with Gasteiger partial charge in [-0.15, -0.1) is 0 Å². The molecule has 0 aromatic rings. The molecule has 0 amide bonds. The number of quaternary nitrogens is 1. The average Bonchev–Trinajstić information content (AvgIpc) is 3.34. The lowest BCUT2D eigenvalue weighted by Gasteiger charge is -2.28. The molecule has 0 aromatic heterocycles. The van der Waals surface area contributed by atoms with E-state index in [1.54, 1.807) is 0 Å². The monoisotopic (exact) mass is 1030 g/mol. The molecule has 9 nitrogen and oxygen atoms in total. The summed E-state index contributed by atoms with van der Waals surface area (Å²) in [6.07, 6.45) is 68.4. The number of carbonyl (C=O) groups is 2. The Hall–Kier alpha value is -2.29. The lowest BCUT2D eigenvalue weighted by atomic mass is 10.0. The molecule has 0 rings (SSSR count). The van der Waals surface area contributed by atoms with Crippen LogP contribution in [0.3, 0.4) is 0 Å². The number of hydrogen-bond donors (Lipinski definition) is 0. The standard InChI is InChI=1S/C62H114NO8P/c1-6-8-10-12-14-16-18-20-22-24-26-28-29-30-31-32-33-35-36-38-40-42-44-46-48-50-52-54-61(64)68-58-60(59-70-72(66,67)69-57-56-63(3,4)5)71-62(65)55-53-51-49-47-45-43-41-39-37-34-27-25-23-21-19-17-15-13-11-9-7-2/h18-21,24-27,37,39,60H,6-17,22-23,28-36,38,40-59H2,1-5H3/b20-18-,21-19-,26-24-,27-25-,39-37-. The van der Waals surface area contributed by atoms with Crippen LogP contribution in [0.1, 0.15) is 271 Å². The van der Waals surface area contributed by atoms with Gasteiger partial charge in [-0.1, -0.05) is 235 Å². The fourth-order valence-corrected chi connectivity index (χ4v) is 9.07. The third-order valence-corrected chi connectivity index (χ3v) is 14.0. The number of phosphoric acid groups is 1. The number of ether oxygens (including phenoxy) is 2. The highest BCUT2D eigenvalue weighted by atomic mass is 31.2. The fourth-order valence-electron chi connectivity index (χ4n) is 8.34. The fraction of sp³-hybridized carbons (Fsp3) is 0.806. The predicted octanol–water partition coefficient (Wildman–Crippen LogP) is 18.1. The largest absolute Gasteiger partial charge is 0.756 e. The van der Waals surface area contributed by atoms with Crippen molar-refractivity contribution >= 4 is 19.8 Å². The zero-order chi connectivity index (χ0) is 52.7. The Balaban J connectivity index is 4.15. The Bertz CT molecular complexity index is 1400. The molecule has 0 saturated carbocycles. The van der Waals surface area contributed by atoms with Crippen molar-refractivity contribution in [2.75, 3.05) is 47.5 Å². The van der Waals surface area contributed by atoms with Crippen LogP contribution in [0.5, 0.6) is 0 Å². The topological polar surface area (TPSA) is 111 Å². The molecule has 10 heteroatoms. The van der Waals surface area contributed by atoms with Gasteiger partial charge in [0.2, 0.25) is 0 Å². The van der Waals surface area contributed by atoms with E-state index in [-0.39, 0.29) is 32.0 Å².